The van der Waals surface area contributed by atoms with Gasteiger partial charge in [-0.05, 0) is 113 Å². The minimum Gasteiger partial charge on any atom is -0.373 e. The van der Waals surface area contributed by atoms with Crippen LogP contribution in [0.5, 0.6) is 0 Å². The molecule has 5 rings (SSSR count). The highest BCUT2D eigenvalue weighted by molar-refractivity contribution is 5.83. The Balaban J connectivity index is 1.18. The van der Waals surface area contributed by atoms with Crippen LogP contribution in [0.15, 0.2) is 42.6 Å². The SMILES string of the molecule is CC(C)(C#N)c1ccc(NCC#Cc2cc3cc(CCC4CCN(CC(=O)N5CCCC5)CC4)ccc3n2CC(F)(F)F)cn1. The Morgan fingerprint density at radius 3 is 2.49 bits per heavy atom. The van der Waals surface area contributed by atoms with E-state index in [2.05, 4.69) is 33.1 Å². The minimum atomic E-state index is -4.38. The normalized spacial score (nSPS) is 16.4. The summed E-state index contributed by atoms with van der Waals surface area (Å²) in [5, 5.41) is 13.2. The number of alkyl halides is 3. The number of carbonyl (C=O) groups excluding carboxylic acids is 1. The predicted molar refractivity (Wildman–Crippen MR) is 170 cm³/mol. The van der Waals surface area contributed by atoms with Crippen LogP contribution in [0, 0.1) is 29.1 Å². The number of pyridine rings is 1. The lowest BCUT2D eigenvalue weighted by molar-refractivity contribution is -0.140. The summed E-state index contributed by atoms with van der Waals surface area (Å²) < 4.78 is 41.8. The molecule has 3 aromatic rings. The summed E-state index contributed by atoms with van der Waals surface area (Å²) in [6.07, 6.45) is 3.46. The molecular formula is C35H41F3N6O. The van der Waals surface area contributed by atoms with E-state index in [4.69, 9.17) is 0 Å². The van der Waals surface area contributed by atoms with Crippen LogP contribution in [0.4, 0.5) is 18.9 Å². The first kappa shape index (κ1) is 32.4. The van der Waals surface area contributed by atoms with Crippen molar-refractivity contribution in [2.75, 3.05) is 44.6 Å². The minimum absolute atomic E-state index is 0.229. The van der Waals surface area contributed by atoms with Gasteiger partial charge in [0.05, 0.1) is 47.8 Å². The number of halogens is 3. The van der Waals surface area contributed by atoms with E-state index in [1.807, 2.05) is 23.1 Å². The molecule has 2 fully saturated rings. The predicted octanol–water partition coefficient (Wildman–Crippen LogP) is 6.13. The Bertz CT molecular complexity index is 1580. The number of rotatable bonds is 9. The molecule has 2 aromatic heterocycles. The molecule has 1 aromatic carbocycles. The molecule has 0 atom stereocenters. The van der Waals surface area contributed by atoms with Crippen LogP contribution in [0.3, 0.4) is 0 Å². The molecule has 45 heavy (non-hydrogen) atoms. The Kier molecular flexibility index (Phi) is 10.0. The fourth-order valence-corrected chi connectivity index (χ4v) is 6.20. The zero-order valence-electron chi connectivity index (χ0n) is 26.1. The Hall–Kier alpha value is -4.02. The van der Waals surface area contributed by atoms with Crippen LogP contribution in [0.1, 0.15) is 62.9 Å². The number of amides is 1. The second-order valence-electron chi connectivity index (χ2n) is 12.8. The van der Waals surface area contributed by atoms with Gasteiger partial charge in [0.2, 0.25) is 5.91 Å². The smallest absolute Gasteiger partial charge is 0.373 e. The number of hydrogen-bond donors (Lipinski definition) is 1. The molecule has 0 radical (unpaired) electrons. The lowest BCUT2D eigenvalue weighted by Gasteiger charge is -2.32. The Labute approximate surface area is 263 Å². The maximum Gasteiger partial charge on any atom is 0.406 e. The first-order chi connectivity index (χ1) is 21.5. The molecular weight excluding hydrogens is 577 g/mol. The molecule has 1 N–H and O–H groups in total. The van der Waals surface area contributed by atoms with E-state index >= 15 is 0 Å². The number of aromatic nitrogens is 2. The maximum atomic E-state index is 13.5. The van der Waals surface area contributed by atoms with Crippen LogP contribution in [-0.2, 0) is 23.2 Å². The van der Waals surface area contributed by atoms with Crippen molar-refractivity contribution in [1.29, 1.82) is 5.26 Å². The van der Waals surface area contributed by atoms with Crippen LogP contribution >= 0.6 is 0 Å². The van der Waals surface area contributed by atoms with Crippen molar-refractivity contribution in [3.05, 3.63) is 59.5 Å². The molecule has 2 saturated heterocycles. The van der Waals surface area contributed by atoms with Crippen molar-refractivity contribution in [1.82, 2.24) is 19.4 Å². The van der Waals surface area contributed by atoms with E-state index in [1.54, 1.807) is 38.2 Å². The number of hydrogen-bond acceptors (Lipinski definition) is 5. The lowest BCUT2D eigenvalue weighted by atomic mass is 9.90. The number of nitrogens with one attached hydrogen (secondary N) is 1. The second-order valence-corrected chi connectivity index (χ2v) is 12.8. The van der Waals surface area contributed by atoms with Gasteiger partial charge in [-0.25, -0.2) is 0 Å². The monoisotopic (exact) mass is 618 g/mol. The zero-order chi connectivity index (χ0) is 32.0. The first-order valence-corrected chi connectivity index (χ1v) is 15.8. The number of fused-ring (bicyclic) bond motifs is 1. The fourth-order valence-electron chi connectivity index (χ4n) is 6.20. The van der Waals surface area contributed by atoms with Crippen molar-refractivity contribution in [2.45, 2.75) is 70.5 Å². The van der Waals surface area contributed by atoms with Crippen molar-refractivity contribution in [3.63, 3.8) is 0 Å². The molecule has 0 saturated carbocycles. The van der Waals surface area contributed by atoms with Gasteiger partial charge in [-0.3, -0.25) is 14.7 Å². The van der Waals surface area contributed by atoms with Gasteiger partial charge in [0.15, 0.2) is 0 Å². The number of aryl methyl sites for hydroxylation is 1. The molecule has 2 aliphatic rings. The van der Waals surface area contributed by atoms with Crippen molar-refractivity contribution >= 4 is 22.5 Å². The van der Waals surface area contributed by atoms with E-state index in [0.29, 0.717) is 35.1 Å². The Morgan fingerprint density at radius 2 is 1.82 bits per heavy atom. The standard InChI is InChI=1S/C35H41F3N6O/c1-34(2,24-39)32-12-10-29(22-41-32)40-15-5-6-30-21-28-20-27(9-11-31(28)44(30)25-35(36,37)38)8-7-26-13-18-42(19-14-26)23-33(45)43-16-3-4-17-43/h9-12,20-22,26,40H,3-4,7-8,13-19,23,25H2,1-2H3. The summed E-state index contributed by atoms with van der Waals surface area (Å²) in [5.41, 5.74) is 2.62. The van der Waals surface area contributed by atoms with Gasteiger partial charge in [-0.15, -0.1) is 0 Å². The summed E-state index contributed by atoms with van der Waals surface area (Å²) in [5.74, 6) is 6.71. The van der Waals surface area contributed by atoms with Crippen molar-refractivity contribution < 1.29 is 18.0 Å². The van der Waals surface area contributed by atoms with Crippen LogP contribution in [0.25, 0.3) is 10.9 Å². The summed E-state index contributed by atoms with van der Waals surface area (Å²) in [4.78, 5) is 21.1. The second kappa shape index (κ2) is 14.0. The molecule has 238 valence electrons. The number of carbonyl (C=O) groups is 1. The third-order valence-electron chi connectivity index (χ3n) is 8.95. The van der Waals surface area contributed by atoms with Crippen molar-refractivity contribution in [2.24, 2.45) is 5.92 Å². The van der Waals surface area contributed by atoms with E-state index < -0.39 is 18.1 Å². The molecule has 0 bridgehead atoms. The molecule has 1 amide bonds. The lowest BCUT2D eigenvalue weighted by Crippen LogP contribution is -2.42. The third-order valence-corrected chi connectivity index (χ3v) is 8.95. The number of benzene rings is 1. The average molecular weight is 619 g/mol. The topological polar surface area (TPSA) is 77.2 Å². The van der Waals surface area contributed by atoms with Gasteiger partial charge in [0.1, 0.15) is 6.54 Å². The van der Waals surface area contributed by atoms with Crippen LogP contribution in [-0.4, -0.2) is 70.7 Å². The first-order valence-electron chi connectivity index (χ1n) is 15.8. The number of nitrogens with zero attached hydrogens (tertiary/aromatic N) is 5. The highest BCUT2D eigenvalue weighted by Gasteiger charge is 2.30. The van der Waals surface area contributed by atoms with Gasteiger partial charge >= 0.3 is 6.18 Å². The number of likely N-dealkylation sites (tertiary alicyclic amines) is 2. The van der Waals surface area contributed by atoms with E-state index in [1.165, 1.54) is 4.57 Å². The molecule has 7 nitrogen and oxygen atoms in total. The molecule has 4 heterocycles. The fraction of sp³-hybridized carbons (Fsp3) is 0.514. The highest BCUT2D eigenvalue weighted by atomic mass is 19.4. The molecule has 0 spiro atoms. The van der Waals surface area contributed by atoms with E-state index in [-0.39, 0.29) is 12.5 Å². The number of anilines is 1. The summed E-state index contributed by atoms with van der Waals surface area (Å²) >= 11 is 0. The van der Waals surface area contributed by atoms with Gasteiger partial charge in [0, 0.05) is 24.0 Å². The van der Waals surface area contributed by atoms with E-state index in [0.717, 1.165) is 75.7 Å². The number of nitriles is 1. The summed E-state index contributed by atoms with van der Waals surface area (Å²) in [7, 11) is 0. The summed E-state index contributed by atoms with van der Waals surface area (Å²) in [6, 6.07) is 13.3. The zero-order valence-corrected chi connectivity index (χ0v) is 26.1. The Morgan fingerprint density at radius 1 is 1.07 bits per heavy atom. The number of piperidine rings is 1. The molecule has 2 aliphatic heterocycles. The maximum absolute atomic E-state index is 13.5. The van der Waals surface area contributed by atoms with Gasteiger partial charge in [0.25, 0.3) is 0 Å². The van der Waals surface area contributed by atoms with Gasteiger partial charge in [-0.2, -0.15) is 18.4 Å². The van der Waals surface area contributed by atoms with Gasteiger partial charge < -0.3 is 14.8 Å². The van der Waals surface area contributed by atoms with Crippen LogP contribution in [0.2, 0.25) is 0 Å². The quantitative estimate of drug-likeness (QED) is 0.292. The molecule has 0 aliphatic carbocycles. The highest BCUT2D eigenvalue weighted by Crippen LogP contribution is 2.28. The van der Waals surface area contributed by atoms with E-state index in [9.17, 15) is 23.2 Å². The van der Waals surface area contributed by atoms with Gasteiger partial charge in [-0.1, -0.05) is 12.0 Å². The summed E-state index contributed by atoms with van der Waals surface area (Å²) in [6.45, 7) is 6.88. The third kappa shape index (κ3) is 8.58. The van der Waals surface area contributed by atoms with Crippen LogP contribution < -0.4 is 5.32 Å². The largest absolute Gasteiger partial charge is 0.406 e. The molecule has 0 unspecified atom stereocenters. The molecule has 10 heteroatoms. The average Bonchev–Trinajstić information content (AvgIpc) is 3.67. The van der Waals surface area contributed by atoms with Crippen molar-refractivity contribution in [3.8, 4) is 17.9 Å².